The van der Waals surface area contributed by atoms with Crippen molar-refractivity contribution in [1.29, 1.82) is 0 Å². The van der Waals surface area contributed by atoms with E-state index in [1.54, 1.807) is 6.07 Å². The number of carbonyl (C=O) groups excluding carboxylic acids is 1. The van der Waals surface area contributed by atoms with Crippen LogP contribution in [0.4, 0.5) is 16.2 Å². The number of anilines is 2. The molecule has 2 N–H and O–H groups in total. The van der Waals surface area contributed by atoms with Crippen LogP contribution >= 0.6 is 11.6 Å². The number of nitrogens with one attached hydrogen (secondary N) is 2. The van der Waals surface area contributed by atoms with Crippen molar-refractivity contribution >= 4 is 29.0 Å². The molecule has 0 atom stereocenters. The van der Waals surface area contributed by atoms with Crippen LogP contribution in [0.1, 0.15) is 26.2 Å². The Labute approximate surface area is 137 Å². The van der Waals surface area contributed by atoms with E-state index in [1.165, 1.54) is 19.3 Å². The summed E-state index contributed by atoms with van der Waals surface area (Å²) in [7, 11) is 0. The van der Waals surface area contributed by atoms with Gasteiger partial charge in [-0.05, 0) is 44.4 Å². The quantitative estimate of drug-likeness (QED) is 0.787. The first-order chi connectivity index (χ1) is 10.7. The third kappa shape index (κ3) is 5.07. The van der Waals surface area contributed by atoms with Crippen LogP contribution in [0.5, 0.6) is 0 Å². The Balaban J connectivity index is 1.99. The molecule has 0 radical (unpaired) electrons. The minimum absolute atomic E-state index is 0.236. The highest BCUT2D eigenvalue weighted by Crippen LogP contribution is 2.31. The summed E-state index contributed by atoms with van der Waals surface area (Å²) in [5.41, 5.74) is 1.78. The third-order valence-corrected chi connectivity index (χ3v) is 3.87. The van der Waals surface area contributed by atoms with Crippen LogP contribution in [0.2, 0.25) is 5.02 Å². The Hall–Kier alpha value is -1.46. The second-order valence-electron chi connectivity index (χ2n) is 5.29. The maximum atomic E-state index is 12.0. The van der Waals surface area contributed by atoms with Crippen LogP contribution in [0.15, 0.2) is 18.2 Å². The van der Waals surface area contributed by atoms with E-state index >= 15 is 0 Å². The van der Waals surface area contributed by atoms with Gasteiger partial charge in [0.2, 0.25) is 0 Å². The van der Waals surface area contributed by atoms with Gasteiger partial charge in [-0.1, -0.05) is 11.6 Å². The number of hydrogen-bond acceptors (Lipinski definition) is 3. The summed E-state index contributed by atoms with van der Waals surface area (Å²) in [5.74, 6) is 0. The first-order valence-electron chi connectivity index (χ1n) is 7.88. The molecule has 5 nitrogen and oxygen atoms in total. The molecule has 1 aromatic rings. The number of urea groups is 1. The molecule has 1 aliphatic rings. The topological polar surface area (TPSA) is 53.6 Å². The second kappa shape index (κ2) is 8.86. The van der Waals surface area contributed by atoms with Crippen LogP contribution in [0.3, 0.4) is 0 Å². The van der Waals surface area contributed by atoms with Gasteiger partial charge < -0.3 is 20.3 Å². The Bertz CT molecular complexity index is 490. The number of amides is 2. The van der Waals surface area contributed by atoms with Crippen LogP contribution in [-0.4, -0.2) is 38.9 Å². The number of carbonyl (C=O) groups is 1. The Morgan fingerprint density at radius 1 is 1.32 bits per heavy atom. The van der Waals surface area contributed by atoms with Gasteiger partial charge in [-0.2, -0.15) is 0 Å². The van der Waals surface area contributed by atoms with Crippen molar-refractivity contribution in [1.82, 2.24) is 5.32 Å². The molecule has 1 aromatic carbocycles. The molecule has 0 unspecified atom stereocenters. The van der Waals surface area contributed by atoms with E-state index < -0.39 is 0 Å². The van der Waals surface area contributed by atoms with E-state index in [1.807, 2.05) is 19.1 Å². The predicted octanol–water partition coefficient (Wildman–Crippen LogP) is 3.49. The van der Waals surface area contributed by atoms with Crippen LogP contribution < -0.4 is 15.5 Å². The molecule has 122 valence electrons. The lowest BCUT2D eigenvalue weighted by atomic mass is 10.1. The molecule has 6 heteroatoms. The lowest BCUT2D eigenvalue weighted by molar-refractivity contribution is 0.150. The molecule has 0 saturated carbocycles. The van der Waals surface area contributed by atoms with Gasteiger partial charge in [-0.3, -0.25) is 0 Å². The number of piperidine rings is 1. The molecule has 0 aliphatic carbocycles. The Kier molecular flexibility index (Phi) is 6.80. The molecule has 1 aliphatic heterocycles. The van der Waals surface area contributed by atoms with Crippen molar-refractivity contribution < 1.29 is 9.53 Å². The van der Waals surface area contributed by atoms with Gasteiger partial charge >= 0.3 is 6.03 Å². The van der Waals surface area contributed by atoms with Gasteiger partial charge in [0.15, 0.2) is 0 Å². The maximum Gasteiger partial charge on any atom is 0.319 e. The summed E-state index contributed by atoms with van der Waals surface area (Å²) in [6, 6.07) is 5.40. The highest BCUT2D eigenvalue weighted by molar-refractivity contribution is 6.31. The first kappa shape index (κ1) is 16.9. The highest BCUT2D eigenvalue weighted by atomic mass is 35.5. The lowest BCUT2D eigenvalue weighted by Crippen LogP contribution is -2.34. The molecule has 0 bridgehead atoms. The largest absolute Gasteiger partial charge is 0.380 e. The normalized spacial score (nSPS) is 14.7. The number of hydrogen-bond donors (Lipinski definition) is 2. The fourth-order valence-electron chi connectivity index (χ4n) is 2.57. The average Bonchev–Trinajstić information content (AvgIpc) is 2.53. The van der Waals surface area contributed by atoms with Gasteiger partial charge in [-0.15, -0.1) is 0 Å². The summed E-state index contributed by atoms with van der Waals surface area (Å²) in [6.07, 6.45) is 3.63. The molecular weight excluding hydrogens is 302 g/mol. The van der Waals surface area contributed by atoms with Crippen molar-refractivity contribution in [2.75, 3.05) is 43.1 Å². The number of ether oxygens (including phenoxy) is 1. The smallest absolute Gasteiger partial charge is 0.319 e. The van der Waals surface area contributed by atoms with Crippen molar-refractivity contribution in [3.05, 3.63) is 23.2 Å². The molecule has 22 heavy (non-hydrogen) atoms. The van der Waals surface area contributed by atoms with E-state index in [2.05, 4.69) is 15.5 Å². The summed E-state index contributed by atoms with van der Waals surface area (Å²) < 4.78 is 5.20. The standard InChI is InChI=1S/C16H24ClN3O2/c1-2-22-11-8-18-16(21)19-14-12-13(17)6-7-15(14)20-9-4-3-5-10-20/h6-7,12H,2-5,8-11H2,1H3,(H2,18,19,21). The second-order valence-corrected chi connectivity index (χ2v) is 5.72. The van der Waals surface area contributed by atoms with Gasteiger partial charge in [0.05, 0.1) is 18.0 Å². The van der Waals surface area contributed by atoms with E-state index in [9.17, 15) is 4.79 Å². The number of rotatable bonds is 6. The van der Waals surface area contributed by atoms with Gasteiger partial charge in [-0.25, -0.2) is 4.79 Å². The van der Waals surface area contributed by atoms with Gasteiger partial charge in [0.1, 0.15) is 0 Å². The average molecular weight is 326 g/mol. The Morgan fingerprint density at radius 2 is 2.09 bits per heavy atom. The number of nitrogens with zero attached hydrogens (tertiary/aromatic N) is 1. The summed E-state index contributed by atoms with van der Waals surface area (Å²) in [4.78, 5) is 14.3. The number of benzene rings is 1. The van der Waals surface area contributed by atoms with Crippen LogP contribution in [0, 0.1) is 0 Å². The molecule has 0 aromatic heterocycles. The van der Waals surface area contributed by atoms with Crippen molar-refractivity contribution in [3.63, 3.8) is 0 Å². The van der Waals surface area contributed by atoms with E-state index in [4.69, 9.17) is 16.3 Å². The summed E-state index contributed by atoms with van der Waals surface area (Å²) in [6.45, 7) is 5.61. The number of halogens is 1. The van der Waals surface area contributed by atoms with E-state index in [0.29, 0.717) is 24.8 Å². The monoisotopic (exact) mass is 325 g/mol. The molecule has 1 fully saturated rings. The fraction of sp³-hybridized carbons (Fsp3) is 0.562. The van der Waals surface area contributed by atoms with Gasteiger partial charge in [0.25, 0.3) is 0 Å². The fourth-order valence-corrected chi connectivity index (χ4v) is 2.74. The van der Waals surface area contributed by atoms with Crippen LogP contribution in [-0.2, 0) is 4.74 Å². The van der Waals surface area contributed by atoms with Crippen LogP contribution in [0.25, 0.3) is 0 Å². The lowest BCUT2D eigenvalue weighted by Gasteiger charge is -2.30. The predicted molar refractivity (Wildman–Crippen MR) is 91.0 cm³/mol. The minimum Gasteiger partial charge on any atom is -0.380 e. The minimum atomic E-state index is -0.236. The summed E-state index contributed by atoms with van der Waals surface area (Å²) in [5, 5.41) is 6.29. The zero-order valence-corrected chi connectivity index (χ0v) is 13.8. The Morgan fingerprint density at radius 3 is 2.82 bits per heavy atom. The van der Waals surface area contributed by atoms with Crippen molar-refractivity contribution in [2.24, 2.45) is 0 Å². The summed E-state index contributed by atoms with van der Waals surface area (Å²) >= 11 is 6.07. The zero-order valence-electron chi connectivity index (χ0n) is 13.0. The third-order valence-electron chi connectivity index (χ3n) is 3.64. The molecule has 0 spiro atoms. The molecule has 1 heterocycles. The van der Waals surface area contributed by atoms with E-state index in [-0.39, 0.29) is 6.03 Å². The van der Waals surface area contributed by atoms with E-state index in [0.717, 1.165) is 24.5 Å². The SMILES string of the molecule is CCOCCNC(=O)Nc1cc(Cl)ccc1N1CCCCC1. The molecule has 2 amide bonds. The van der Waals surface area contributed by atoms with Crippen molar-refractivity contribution in [3.8, 4) is 0 Å². The highest BCUT2D eigenvalue weighted by Gasteiger charge is 2.16. The molecule has 2 rings (SSSR count). The molecular formula is C16H24ClN3O2. The van der Waals surface area contributed by atoms with Crippen molar-refractivity contribution in [2.45, 2.75) is 26.2 Å². The zero-order chi connectivity index (χ0) is 15.8. The molecule has 1 saturated heterocycles. The maximum absolute atomic E-state index is 12.0. The first-order valence-corrected chi connectivity index (χ1v) is 8.25. The van der Waals surface area contributed by atoms with Gasteiger partial charge in [0, 0.05) is 31.3 Å².